The molecular weight excluding hydrogens is 314 g/mol. The summed E-state index contributed by atoms with van der Waals surface area (Å²) in [5.41, 5.74) is 0.380. The SMILES string of the molecule is CC1CC(C)(C)N(CCCCCl)C2CCC(C3CCCCC3)CC12. The lowest BCUT2D eigenvalue weighted by Gasteiger charge is -2.57. The van der Waals surface area contributed by atoms with Crippen molar-refractivity contribution in [1.29, 1.82) is 0 Å². The highest BCUT2D eigenvalue weighted by molar-refractivity contribution is 6.17. The number of nitrogens with zero attached hydrogens (tertiary/aromatic N) is 1. The van der Waals surface area contributed by atoms with E-state index in [9.17, 15) is 0 Å². The van der Waals surface area contributed by atoms with Crippen molar-refractivity contribution in [2.75, 3.05) is 12.4 Å². The molecule has 3 aliphatic rings. The van der Waals surface area contributed by atoms with Crippen molar-refractivity contribution in [3.8, 4) is 0 Å². The molecule has 3 rings (SSSR count). The van der Waals surface area contributed by atoms with Gasteiger partial charge >= 0.3 is 0 Å². The van der Waals surface area contributed by atoms with Gasteiger partial charge in [-0.1, -0.05) is 39.0 Å². The van der Waals surface area contributed by atoms with Crippen LogP contribution in [0.2, 0.25) is 0 Å². The van der Waals surface area contributed by atoms with Crippen molar-refractivity contribution in [3.05, 3.63) is 0 Å². The molecule has 0 aromatic carbocycles. The van der Waals surface area contributed by atoms with E-state index in [-0.39, 0.29) is 0 Å². The minimum Gasteiger partial charge on any atom is -0.295 e. The monoisotopic (exact) mass is 353 g/mol. The van der Waals surface area contributed by atoms with Gasteiger partial charge in [-0.25, -0.2) is 0 Å². The van der Waals surface area contributed by atoms with Gasteiger partial charge in [-0.3, -0.25) is 4.90 Å². The lowest BCUT2D eigenvalue weighted by atomic mass is 9.61. The highest BCUT2D eigenvalue weighted by Gasteiger charge is 2.47. The van der Waals surface area contributed by atoms with E-state index < -0.39 is 0 Å². The van der Waals surface area contributed by atoms with E-state index in [0.29, 0.717) is 5.54 Å². The first-order valence-electron chi connectivity index (χ1n) is 10.9. The Bertz CT molecular complexity index is 387. The van der Waals surface area contributed by atoms with Crippen LogP contribution in [0.4, 0.5) is 0 Å². The molecule has 0 aromatic rings. The molecule has 4 unspecified atom stereocenters. The average Bonchev–Trinajstić information content (AvgIpc) is 2.58. The first-order valence-corrected chi connectivity index (χ1v) is 11.4. The number of hydrogen-bond donors (Lipinski definition) is 0. The van der Waals surface area contributed by atoms with E-state index >= 15 is 0 Å². The first-order chi connectivity index (χ1) is 11.5. The first kappa shape index (κ1) is 19.0. The van der Waals surface area contributed by atoms with Gasteiger partial charge in [0.25, 0.3) is 0 Å². The van der Waals surface area contributed by atoms with Crippen LogP contribution in [-0.2, 0) is 0 Å². The zero-order chi connectivity index (χ0) is 17.2. The maximum atomic E-state index is 5.94. The van der Waals surface area contributed by atoms with Crippen LogP contribution in [-0.4, -0.2) is 28.9 Å². The summed E-state index contributed by atoms with van der Waals surface area (Å²) in [4.78, 5) is 2.90. The van der Waals surface area contributed by atoms with Gasteiger partial charge in [0.05, 0.1) is 0 Å². The van der Waals surface area contributed by atoms with Crippen LogP contribution >= 0.6 is 11.6 Å². The van der Waals surface area contributed by atoms with Gasteiger partial charge in [0.15, 0.2) is 0 Å². The zero-order valence-electron chi connectivity index (χ0n) is 16.4. The summed E-state index contributed by atoms with van der Waals surface area (Å²) in [7, 11) is 0. The van der Waals surface area contributed by atoms with E-state index in [1.54, 1.807) is 0 Å². The molecule has 0 radical (unpaired) electrons. The van der Waals surface area contributed by atoms with E-state index in [1.807, 2.05) is 0 Å². The Labute approximate surface area is 155 Å². The summed E-state index contributed by atoms with van der Waals surface area (Å²) in [6.45, 7) is 8.81. The minimum absolute atomic E-state index is 0.380. The fraction of sp³-hybridized carbons (Fsp3) is 1.00. The predicted molar refractivity (Wildman–Crippen MR) is 106 cm³/mol. The predicted octanol–water partition coefficient (Wildman–Crippen LogP) is 6.49. The van der Waals surface area contributed by atoms with Crippen molar-refractivity contribution in [1.82, 2.24) is 4.90 Å². The minimum atomic E-state index is 0.380. The van der Waals surface area contributed by atoms with Crippen LogP contribution in [0.3, 0.4) is 0 Å². The third-order valence-electron chi connectivity index (χ3n) is 7.73. The van der Waals surface area contributed by atoms with E-state index in [4.69, 9.17) is 11.6 Å². The summed E-state index contributed by atoms with van der Waals surface area (Å²) in [5.74, 6) is 4.78. The van der Waals surface area contributed by atoms with Gasteiger partial charge in [-0.15, -0.1) is 11.6 Å². The number of piperidine rings is 1. The van der Waals surface area contributed by atoms with Crippen LogP contribution < -0.4 is 0 Å². The fourth-order valence-corrected chi connectivity index (χ4v) is 6.80. The molecule has 2 saturated carbocycles. The van der Waals surface area contributed by atoms with Crippen molar-refractivity contribution in [2.24, 2.45) is 23.7 Å². The molecular formula is C22H40ClN. The number of rotatable bonds is 5. The molecule has 0 aromatic heterocycles. The Balaban J connectivity index is 1.66. The molecule has 0 amide bonds. The van der Waals surface area contributed by atoms with Gasteiger partial charge in [0.1, 0.15) is 0 Å². The van der Waals surface area contributed by atoms with Crippen molar-refractivity contribution in [3.63, 3.8) is 0 Å². The fourth-order valence-electron chi connectivity index (χ4n) is 6.61. The lowest BCUT2D eigenvalue weighted by Crippen LogP contribution is -2.60. The second kappa shape index (κ2) is 8.30. The molecule has 1 heterocycles. The van der Waals surface area contributed by atoms with Gasteiger partial charge in [0.2, 0.25) is 0 Å². The Morgan fingerprint density at radius 2 is 1.71 bits per heavy atom. The van der Waals surface area contributed by atoms with Crippen LogP contribution in [0, 0.1) is 23.7 Å². The second-order valence-corrected chi connectivity index (χ2v) is 10.2. The standard InChI is InChI=1S/C22H40ClN/c1-17-16-22(2,3)24(14-8-7-13-23)21-12-11-19(15-20(17)21)18-9-5-4-6-10-18/h17-21H,4-16H2,1-3H3. The number of unbranched alkanes of at least 4 members (excludes halogenated alkanes) is 1. The molecule has 140 valence electrons. The third kappa shape index (κ3) is 4.14. The smallest absolute Gasteiger partial charge is 0.0223 e. The molecule has 1 nitrogen and oxygen atoms in total. The molecule has 2 heteroatoms. The lowest BCUT2D eigenvalue weighted by molar-refractivity contribution is -0.0747. The van der Waals surface area contributed by atoms with Crippen molar-refractivity contribution in [2.45, 2.75) is 103 Å². The van der Waals surface area contributed by atoms with Gasteiger partial charge in [0, 0.05) is 17.5 Å². The molecule has 4 atom stereocenters. The Morgan fingerprint density at radius 1 is 0.958 bits per heavy atom. The molecule has 0 spiro atoms. The maximum absolute atomic E-state index is 5.94. The highest BCUT2D eigenvalue weighted by atomic mass is 35.5. The van der Waals surface area contributed by atoms with E-state index in [1.165, 1.54) is 77.2 Å². The zero-order valence-corrected chi connectivity index (χ0v) is 17.2. The quantitative estimate of drug-likeness (QED) is 0.403. The van der Waals surface area contributed by atoms with Gasteiger partial charge in [-0.2, -0.15) is 0 Å². The van der Waals surface area contributed by atoms with Crippen molar-refractivity contribution < 1.29 is 0 Å². The number of likely N-dealkylation sites (tertiary alicyclic amines) is 1. The van der Waals surface area contributed by atoms with Crippen LogP contribution in [0.1, 0.15) is 91.4 Å². The summed E-state index contributed by atoms with van der Waals surface area (Å²) in [5, 5.41) is 0. The highest BCUT2D eigenvalue weighted by Crippen LogP contribution is 2.49. The molecule has 24 heavy (non-hydrogen) atoms. The number of fused-ring (bicyclic) bond motifs is 1. The Hall–Kier alpha value is 0.250. The molecule has 1 aliphatic heterocycles. The third-order valence-corrected chi connectivity index (χ3v) is 8.00. The molecule has 2 aliphatic carbocycles. The summed E-state index contributed by atoms with van der Waals surface area (Å²) >= 11 is 5.94. The molecule has 0 bridgehead atoms. The summed E-state index contributed by atoms with van der Waals surface area (Å²) in [6.07, 6.45) is 15.9. The van der Waals surface area contributed by atoms with E-state index in [0.717, 1.165) is 35.6 Å². The average molecular weight is 354 g/mol. The Morgan fingerprint density at radius 3 is 2.42 bits per heavy atom. The number of hydrogen-bond acceptors (Lipinski definition) is 1. The largest absolute Gasteiger partial charge is 0.295 e. The topological polar surface area (TPSA) is 3.24 Å². The second-order valence-electron chi connectivity index (χ2n) is 9.79. The van der Waals surface area contributed by atoms with Crippen LogP contribution in [0.5, 0.6) is 0 Å². The van der Waals surface area contributed by atoms with E-state index in [2.05, 4.69) is 25.7 Å². The molecule has 3 fully saturated rings. The van der Waals surface area contributed by atoms with Crippen LogP contribution in [0.15, 0.2) is 0 Å². The number of alkyl halides is 1. The summed E-state index contributed by atoms with van der Waals surface area (Å²) in [6, 6.07) is 0.846. The maximum Gasteiger partial charge on any atom is 0.0223 e. The number of halogens is 1. The Kier molecular flexibility index (Phi) is 6.58. The van der Waals surface area contributed by atoms with Gasteiger partial charge in [-0.05, 0) is 82.6 Å². The molecule has 1 saturated heterocycles. The molecule has 0 N–H and O–H groups in total. The van der Waals surface area contributed by atoms with Crippen LogP contribution in [0.25, 0.3) is 0 Å². The normalized spacial score (nSPS) is 38.0. The summed E-state index contributed by atoms with van der Waals surface area (Å²) < 4.78 is 0. The van der Waals surface area contributed by atoms with Gasteiger partial charge < -0.3 is 0 Å². The van der Waals surface area contributed by atoms with Crippen molar-refractivity contribution >= 4 is 11.6 Å².